The van der Waals surface area contributed by atoms with Crippen LogP contribution in [0, 0.1) is 0 Å². The van der Waals surface area contributed by atoms with Crippen molar-refractivity contribution in [3.8, 4) is 0 Å². The van der Waals surface area contributed by atoms with Gasteiger partial charge in [-0.2, -0.15) is 11.0 Å². The molecule has 138 valence electrons. The Morgan fingerprint density at radius 3 is 1.50 bits per heavy atom. The third-order valence-corrected chi connectivity index (χ3v) is 3.13. The van der Waals surface area contributed by atoms with Crippen LogP contribution >= 0.6 is 0 Å². The van der Waals surface area contributed by atoms with Crippen molar-refractivity contribution < 1.29 is 30.2 Å². The molecule has 0 aliphatic heterocycles. The lowest BCUT2D eigenvalue weighted by molar-refractivity contribution is -0.884. The summed E-state index contributed by atoms with van der Waals surface area (Å²) in [4.78, 5) is 32.8. The highest BCUT2D eigenvalue weighted by Gasteiger charge is 2.03. The van der Waals surface area contributed by atoms with Gasteiger partial charge in [0.25, 0.3) is 0 Å². The molecule has 6 nitrogen and oxygen atoms in total. The fourth-order valence-electron chi connectivity index (χ4n) is 1.82. The second-order valence-corrected chi connectivity index (χ2v) is 5.20. The second kappa shape index (κ2) is 13.3. The predicted molar refractivity (Wildman–Crippen MR) is 97.8 cm³/mol. The highest BCUT2D eigenvalue weighted by molar-refractivity contribution is 5.81. The largest absolute Gasteiger partial charge is 0.390 e. The van der Waals surface area contributed by atoms with E-state index in [9.17, 15) is 9.59 Å². The third-order valence-electron chi connectivity index (χ3n) is 3.13. The van der Waals surface area contributed by atoms with Crippen LogP contribution in [0.2, 0.25) is 0 Å². The zero-order valence-electron chi connectivity index (χ0n) is 15.1. The van der Waals surface area contributed by atoms with E-state index in [0.29, 0.717) is 13.1 Å². The SMILES string of the molecule is C/C=C/C=C/C(=O)O[NH2+]Cc1ccc(C[NH2+]OC(=O)/C=C/C=C/C)cc1. The van der Waals surface area contributed by atoms with Gasteiger partial charge < -0.3 is 0 Å². The van der Waals surface area contributed by atoms with Gasteiger partial charge in [-0.3, -0.25) is 9.68 Å². The molecule has 0 heterocycles. The maximum Gasteiger partial charge on any atom is 0.390 e. The molecule has 0 aliphatic rings. The minimum Gasteiger partial charge on any atom is -0.275 e. The first kappa shape index (κ1) is 21.1. The first-order valence-electron chi connectivity index (χ1n) is 8.36. The number of benzene rings is 1. The summed E-state index contributed by atoms with van der Waals surface area (Å²) in [5.74, 6) is -0.806. The molecule has 4 N–H and O–H groups in total. The Labute approximate surface area is 153 Å². The molecular weight excluding hydrogens is 332 g/mol. The molecule has 1 aromatic rings. The average molecular weight is 358 g/mol. The van der Waals surface area contributed by atoms with E-state index in [2.05, 4.69) is 0 Å². The summed E-state index contributed by atoms with van der Waals surface area (Å²) in [5.41, 5.74) is 4.99. The number of allylic oxidation sites excluding steroid dienone is 6. The molecule has 0 spiro atoms. The van der Waals surface area contributed by atoms with E-state index in [4.69, 9.17) is 9.68 Å². The molecule has 0 aliphatic carbocycles. The smallest absolute Gasteiger partial charge is 0.275 e. The van der Waals surface area contributed by atoms with Crippen molar-refractivity contribution in [2.24, 2.45) is 0 Å². The average Bonchev–Trinajstić information content (AvgIpc) is 2.63. The Balaban J connectivity index is 2.28. The van der Waals surface area contributed by atoms with E-state index in [-0.39, 0.29) is 0 Å². The number of rotatable bonds is 10. The Morgan fingerprint density at radius 1 is 0.769 bits per heavy atom. The van der Waals surface area contributed by atoms with Crippen LogP contribution in [0.25, 0.3) is 0 Å². The number of carbonyl (C=O) groups is 2. The van der Waals surface area contributed by atoms with Crippen LogP contribution in [0.3, 0.4) is 0 Å². The van der Waals surface area contributed by atoms with Crippen molar-refractivity contribution in [2.45, 2.75) is 26.9 Å². The zero-order chi connectivity index (χ0) is 19.0. The predicted octanol–water partition coefficient (Wildman–Crippen LogP) is 0.994. The van der Waals surface area contributed by atoms with Crippen LogP contribution < -0.4 is 11.0 Å². The van der Waals surface area contributed by atoms with E-state index >= 15 is 0 Å². The highest BCUT2D eigenvalue weighted by atomic mass is 16.7. The van der Waals surface area contributed by atoms with Crippen LogP contribution in [0.5, 0.6) is 0 Å². The summed E-state index contributed by atoms with van der Waals surface area (Å²) >= 11 is 0. The lowest BCUT2D eigenvalue weighted by Gasteiger charge is -2.02. The molecule has 0 radical (unpaired) electrons. The molecule has 0 amide bonds. The van der Waals surface area contributed by atoms with Gasteiger partial charge in [-0.05, 0) is 13.8 Å². The van der Waals surface area contributed by atoms with E-state index in [0.717, 1.165) is 11.1 Å². The van der Waals surface area contributed by atoms with Crippen LogP contribution in [-0.4, -0.2) is 11.9 Å². The summed E-state index contributed by atoms with van der Waals surface area (Å²) in [6.45, 7) is 4.79. The summed E-state index contributed by atoms with van der Waals surface area (Å²) in [5, 5.41) is 0. The van der Waals surface area contributed by atoms with Gasteiger partial charge in [0.05, 0.1) is 0 Å². The lowest BCUT2D eigenvalue weighted by atomic mass is 10.1. The molecule has 0 unspecified atom stereocenters. The molecule has 6 heteroatoms. The first-order chi connectivity index (χ1) is 12.7. The fourth-order valence-corrected chi connectivity index (χ4v) is 1.82. The van der Waals surface area contributed by atoms with Crippen LogP contribution in [0.1, 0.15) is 25.0 Å². The summed E-state index contributed by atoms with van der Waals surface area (Å²) in [6, 6.07) is 7.77. The van der Waals surface area contributed by atoms with E-state index in [1.807, 2.05) is 50.3 Å². The van der Waals surface area contributed by atoms with E-state index < -0.39 is 11.9 Å². The Kier molecular flexibility index (Phi) is 10.8. The standard InChI is InChI=1S/C20H24N2O4/c1-3-5-7-9-19(23)25-21-15-17-11-13-18(14-12-17)16-22-26-20(24)10-8-6-4-2/h3-14,21-22H,15-16H2,1-2H3/p+2/b5-3+,6-4+,9-7+,10-8+. The molecule has 0 fully saturated rings. The number of nitrogens with two attached hydrogens (primary N) is 2. The fraction of sp³-hybridized carbons (Fsp3) is 0.200. The Morgan fingerprint density at radius 2 is 1.15 bits per heavy atom. The van der Waals surface area contributed by atoms with E-state index in [1.165, 1.54) is 23.1 Å². The van der Waals surface area contributed by atoms with Gasteiger partial charge in [-0.15, -0.1) is 0 Å². The number of quaternary nitrogens is 2. The van der Waals surface area contributed by atoms with E-state index in [1.54, 1.807) is 24.3 Å². The van der Waals surface area contributed by atoms with Crippen LogP contribution in [-0.2, 0) is 32.4 Å². The van der Waals surface area contributed by atoms with Gasteiger partial charge in [-0.25, -0.2) is 9.59 Å². The van der Waals surface area contributed by atoms with Gasteiger partial charge in [0.2, 0.25) is 0 Å². The molecule has 26 heavy (non-hydrogen) atoms. The molecule has 0 bridgehead atoms. The quantitative estimate of drug-likeness (QED) is 0.371. The summed E-state index contributed by atoms with van der Waals surface area (Å²) in [6.07, 6.45) is 13.2. The molecule has 0 atom stereocenters. The monoisotopic (exact) mass is 358 g/mol. The van der Waals surface area contributed by atoms with Crippen LogP contribution in [0.4, 0.5) is 0 Å². The minimum absolute atomic E-state index is 0.403. The minimum atomic E-state index is -0.403. The van der Waals surface area contributed by atoms with Crippen molar-refractivity contribution in [1.82, 2.24) is 0 Å². The first-order valence-corrected chi connectivity index (χ1v) is 8.36. The van der Waals surface area contributed by atoms with Gasteiger partial charge in [0.1, 0.15) is 13.1 Å². The third kappa shape index (κ3) is 10.0. The molecule has 0 saturated carbocycles. The zero-order valence-corrected chi connectivity index (χ0v) is 15.1. The lowest BCUT2D eigenvalue weighted by Crippen LogP contribution is -2.82. The van der Waals surface area contributed by atoms with Gasteiger partial charge >= 0.3 is 11.9 Å². The maximum absolute atomic E-state index is 11.4. The van der Waals surface area contributed by atoms with Crippen LogP contribution in [0.15, 0.2) is 72.9 Å². The van der Waals surface area contributed by atoms with Crippen molar-refractivity contribution in [1.29, 1.82) is 0 Å². The number of hydrogen-bond acceptors (Lipinski definition) is 4. The maximum atomic E-state index is 11.4. The van der Waals surface area contributed by atoms with Crippen molar-refractivity contribution in [3.63, 3.8) is 0 Å². The van der Waals surface area contributed by atoms with Crippen molar-refractivity contribution in [2.75, 3.05) is 0 Å². The topological polar surface area (TPSA) is 85.8 Å². The molecule has 0 saturated heterocycles. The van der Waals surface area contributed by atoms with Crippen molar-refractivity contribution >= 4 is 11.9 Å². The molecule has 0 aromatic heterocycles. The Hall–Kier alpha value is -2.96. The number of carbonyl (C=O) groups excluding carboxylic acids is 2. The normalized spacial score (nSPS) is 11.8. The number of hydrogen-bond donors (Lipinski definition) is 2. The van der Waals surface area contributed by atoms with Gasteiger partial charge in [0, 0.05) is 23.3 Å². The van der Waals surface area contributed by atoms with Gasteiger partial charge in [-0.1, -0.05) is 60.7 Å². The van der Waals surface area contributed by atoms with Crippen molar-refractivity contribution in [3.05, 3.63) is 84.0 Å². The molecule has 1 rings (SSSR count). The highest BCUT2D eigenvalue weighted by Crippen LogP contribution is 2.01. The summed E-state index contributed by atoms with van der Waals surface area (Å²) < 4.78 is 0. The number of hydroxylamine groups is 2. The summed E-state index contributed by atoms with van der Waals surface area (Å²) in [7, 11) is 0. The molecular formula is C20H26N2O4+2. The second-order valence-electron chi connectivity index (χ2n) is 5.20. The Bertz CT molecular complexity index is 615. The van der Waals surface area contributed by atoms with Gasteiger partial charge in [0.15, 0.2) is 0 Å². The molecule has 1 aromatic carbocycles.